The standard InChI is InChI=1S/C22H24O4/c1-24-20-10-9-15(11-21(20)25-2)18-12-19-16(13-26-22(19)23)8-7-14-5-3-4-6-17(14)18/h3-6,9-11,16,18-19H,7-8,12-13H2,1-2H3. The number of carbonyl (C=O) groups excluding carboxylic acids is 1. The van der Waals surface area contributed by atoms with Crippen LogP contribution in [0.4, 0.5) is 0 Å². The summed E-state index contributed by atoms with van der Waals surface area (Å²) in [7, 11) is 3.29. The van der Waals surface area contributed by atoms with E-state index in [4.69, 9.17) is 14.2 Å². The first-order chi connectivity index (χ1) is 12.7. The Morgan fingerprint density at radius 3 is 2.65 bits per heavy atom. The predicted molar refractivity (Wildman–Crippen MR) is 98.7 cm³/mol. The lowest BCUT2D eigenvalue weighted by molar-refractivity contribution is -0.141. The molecule has 1 fully saturated rings. The second kappa shape index (κ2) is 7.02. The van der Waals surface area contributed by atoms with Gasteiger partial charge in [0.2, 0.25) is 0 Å². The molecule has 3 unspecified atom stereocenters. The van der Waals surface area contributed by atoms with Crippen LogP contribution in [0.25, 0.3) is 0 Å². The zero-order valence-corrected chi connectivity index (χ0v) is 15.2. The third kappa shape index (κ3) is 2.94. The summed E-state index contributed by atoms with van der Waals surface area (Å²) in [6.07, 6.45) is 2.76. The summed E-state index contributed by atoms with van der Waals surface area (Å²) in [5.74, 6) is 1.83. The second-order valence-corrected chi connectivity index (χ2v) is 7.14. The Labute approximate surface area is 154 Å². The molecule has 0 radical (unpaired) electrons. The van der Waals surface area contributed by atoms with E-state index < -0.39 is 0 Å². The van der Waals surface area contributed by atoms with Crippen LogP contribution in [0.1, 0.15) is 35.4 Å². The fourth-order valence-corrected chi connectivity index (χ4v) is 4.39. The van der Waals surface area contributed by atoms with Crippen LogP contribution < -0.4 is 9.47 Å². The minimum Gasteiger partial charge on any atom is -0.493 e. The molecular weight excluding hydrogens is 328 g/mol. The van der Waals surface area contributed by atoms with Crippen LogP contribution in [0, 0.1) is 11.8 Å². The largest absolute Gasteiger partial charge is 0.493 e. The van der Waals surface area contributed by atoms with Gasteiger partial charge in [0.25, 0.3) is 0 Å². The summed E-state index contributed by atoms with van der Waals surface area (Å²) >= 11 is 0. The summed E-state index contributed by atoms with van der Waals surface area (Å²) < 4.78 is 16.3. The molecule has 136 valence electrons. The number of fused-ring (bicyclic) bond motifs is 2. The molecule has 2 aromatic carbocycles. The van der Waals surface area contributed by atoms with Crippen molar-refractivity contribution in [3.63, 3.8) is 0 Å². The molecule has 0 bridgehead atoms. The highest BCUT2D eigenvalue weighted by Gasteiger charge is 2.40. The van der Waals surface area contributed by atoms with Gasteiger partial charge in [0.15, 0.2) is 11.5 Å². The summed E-state index contributed by atoms with van der Waals surface area (Å²) in [5.41, 5.74) is 3.82. The Bertz CT molecular complexity index is 814. The second-order valence-electron chi connectivity index (χ2n) is 7.14. The van der Waals surface area contributed by atoms with Crippen molar-refractivity contribution < 1.29 is 19.0 Å². The summed E-state index contributed by atoms with van der Waals surface area (Å²) in [5, 5.41) is 0. The van der Waals surface area contributed by atoms with Gasteiger partial charge in [-0.15, -0.1) is 0 Å². The van der Waals surface area contributed by atoms with E-state index in [2.05, 4.69) is 30.3 Å². The zero-order valence-electron chi connectivity index (χ0n) is 15.2. The Kier molecular flexibility index (Phi) is 4.58. The topological polar surface area (TPSA) is 44.8 Å². The van der Waals surface area contributed by atoms with E-state index in [0.717, 1.165) is 30.6 Å². The number of hydrogen-bond donors (Lipinski definition) is 0. The molecular formula is C22H24O4. The fourth-order valence-electron chi connectivity index (χ4n) is 4.39. The number of cyclic esters (lactones) is 1. The van der Waals surface area contributed by atoms with Crippen molar-refractivity contribution in [2.24, 2.45) is 11.8 Å². The Balaban J connectivity index is 1.80. The normalized spacial score (nSPS) is 24.7. The van der Waals surface area contributed by atoms with Crippen LogP contribution in [0.3, 0.4) is 0 Å². The molecule has 0 saturated carbocycles. The Morgan fingerprint density at radius 2 is 1.85 bits per heavy atom. The lowest BCUT2D eigenvalue weighted by Gasteiger charge is -2.28. The number of esters is 1. The highest BCUT2D eigenvalue weighted by Crippen LogP contribution is 2.43. The van der Waals surface area contributed by atoms with E-state index in [1.165, 1.54) is 11.1 Å². The van der Waals surface area contributed by atoms with Crippen LogP contribution in [-0.2, 0) is 16.0 Å². The number of aryl methyl sites for hydroxylation is 1. The number of ether oxygens (including phenoxy) is 3. The van der Waals surface area contributed by atoms with Crippen molar-refractivity contribution in [3.8, 4) is 11.5 Å². The minimum absolute atomic E-state index is 0.0264. The third-order valence-electron chi connectivity index (χ3n) is 5.83. The SMILES string of the molecule is COc1ccc(C2CC3C(=O)OCC3CCc3ccccc32)cc1OC. The Hall–Kier alpha value is -2.49. The van der Waals surface area contributed by atoms with Crippen molar-refractivity contribution in [1.29, 1.82) is 0 Å². The maximum Gasteiger partial charge on any atom is 0.309 e. The molecule has 4 rings (SSSR count). The molecule has 1 heterocycles. The first kappa shape index (κ1) is 17.0. The highest BCUT2D eigenvalue weighted by molar-refractivity contribution is 5.75. The molecule has 0 amide bonds. The van der Waals surface area contributed by atoms with Gasteiger partial charge in [0.1, 0.15) is 0 Å². The van der Waals surface area contributed by atoms with Crippen molar-refractivity contribution in [1.82, 2.24) is 0 Å². The van der Waals surface area contributed by atoms with Gasteiger partial charge in [-0.3, -0.25) is 4.79 Å². The zero-order chi connectivity index (χ0) is 18.1. The summed E-state index contributed by atoms with van der Waals surface area (Å²) in [6, 6.07) is 14.6. The minimum atomic E-state index is -0.0418. The number of rotatable bonds is 3. The quantitative estimate of drug-likeness (QED) is 0.785. The molecule has 0 spiro atoms. The molecule has 1 aliphatic carbocycles. The van der Waals surface area contributed by atoms with E-state index >= 15 is 0 Å². The molecule has 2 aliphatic rings. The number of hydrogen-bond acceptors (Lipinski definition) is 4. The van der Waals surface area contributed by atoms with Crippen LogP contribution in [-0.4, -0.2) is 26.8 Å². The smallest absolute Gasteiger partial charge is 0.309 e. The Morgan fingerprint density at radius 1 is 1.04 bits per heavy atom. The van der Waals surface area contributed by atoms with E-state index in [0.29, 0.717) is 18.3 Å². The van der Waals surface area contributed by atoms with Gasteiger partial charge in [0, 0.05) is 11.8 Å². The fraction of sp³-hybridized carbons (Fsp3) is 0.409. The lowest BCUT2D eigenvalue weighted by Crippen LogP contribution is -2.23. The molecule has 2 aromatic rings. The van der Waals surface area contributed by atoms with Gasteiger partial charge in [-0.2, -0.15) is 0 Å². The van der Waals surface area contributed by atoms with Crippen LogP contribution in [0.15, 0.2) is 42.5 Å². The van der Waals surface area contributed by atoms with E-state index in [1.54, 1.807) is 14.2 Å². The average molecular weight is 352 g/mol. The van der Waals surface area contributed by atoms with Gasteiger partial charge < -0.3 is 14.2 Å². The first-order valence-corrected chi connectivity index (χ1v) is 9.17. The molecule has 1 saturated heterocycles. The third-order valence-corrected chi connectivity index (χ3v) is 5.83. The van der Waals surface area contributed by atoms with Gasteiger partial charge in [-0.05, 0) is 48.1 Å². The molecule has 4 heteroatoms. The first-order valence-electron chi connectivity index (χ1n) is 9.17. The molecule has 4 nitrogen and oxygen atoms in total. The molecule has 26 heavy (non-hydrogen) atoms. The average Bonchev–Trinajstić information content (AvgIpc) is 3.01. The lowest BCUT2D eigenvalue weighted by atomic mass is 9.74. The van der Waals surface area contributed by atoms with Gasteiger partial charge in [0.05, 0.1) is 26.7 Å². The molecule has 0 aromatic heterocycles. The monoisotopic (exact) mass is 352 g/mol. The summed E-state index contributed by atoms with van der Waals surface area (Å²) in [6.45, 7) is 0.560. The van der Waals surface area contributed by atoms with Crippen LogP contribution in [0.5, 0.6) is 11.5 Å². The predicted octanol–water partition coefficient (Wildman–Crippen LogP) is 3.96. The van der Waals surface area contributed by atoms with Crippen molar-refractivity contribution in [2.75, 3.05) is 20.8 Å². The number of methoxy groups -OCH3 is 2. The molecule has 0 N–H and O–H groups in total. The molecule has 3 atom stereocenters. The van der Waals surface area contributed by atoms with Crippen molar-refractivity contribution >= 4 is 5.97 Å². The van der Waals surface area contributed by atoms with E-state index in [-0.39, 0.29) is 17.8 Å². The van der Waals surface area contributed by atoms with Gasteiger partial charge in [-0.25, -0.2) is 0 Å². The van der Waals surface area contributed by atoms with E-state index in [9.17, 15) is 4.79 Å². The van der Waals surface area contributed by atoms with Crippen molar-refractivity contribution in [3.05, 3.63) is 59.2 Å². The van der Waals surface area contributed by atoms with Crippen molar-refractivity contribution in [2.45, 2.75) is 25.2 Å². The van der Waals surface area contributed by atoms with Crippen LogP contribution in [0.2, 0.25) is 0 Å². The maximum atomic E-state index is 12.3. The molecule has 1 aliphatic heterocycles. The van der Waals surface area contributed by atoms with Gasteiger partial charge >= 0.3 is 5.97 Å². The highest BCUT2D eigenvalue weighted by atomic mass is 16.5. The number of benzene rings is 2. The summed E-state index contributed by atoms with van der Waals surface area (Å²) in [4.78, 5) is 12.3. The van der Waals surface area contributed by atoms with Crippen LogP contribution >= 0.6 is 0 Å². The van der Waals surface area contributed by atoms with E-state index in [1.807, 2.05) is 12.1 Å². The van der Waals surface area contributed by atoms with Gasteiger partial charge in [-0.1, -0.05) is 30.3 Å². The number of carbonyl (C=O) groups is 1. The maximum absolute atomic E-state index is 12.3.